The van der Waals surface area contributed by atoms with Crippen LogP contribution in [0.15, 0.2) is 0 Å². The first-order valence-electron chi connectivity index (χ1n) is 7.48. The molecule has 0 aromatic heterocycles. The van der Waals surface area contributed by atoms with Crippen LogP contribution in [0.3, 0.4) is 0 Å². The Morgan fingerprint density at radius 3 is 1.82 bits per heavy atom. The fourth-order valence-corrected chi connectivity index (χ4v) is 1.93. The minimum atomic E-state index is 0.415. The summed E-state index contributed by atoms with van der Waals surface area (Å²) in [5.74, 6) is 0.415. The lowest BCUT2D eigenvalue weighted by atomic mass is 10.1. The molecule has 17 heavy (non-hydrogen) atoms. The van der Waals surface area contributed by atoms with Crippen molar-refractivity contribution in [2.75, 3.05) is 19.6 Å². The third kappa shape index (κ3) is 10.5. The predicted molar refractivity (Wildman–Crippen MR) is 75.4 cm³/mol. The molecular weight excluding hydrogens is 210 g/mol. The van der Waals surface area contributed by atoms with E-state index in [-0.39, 0.29) is 0 Å². The molecule has 2 heteroatoms. The van der Waals surface area contributed by atoms with Crippen molar-refractivity contribution < 1.29 is 4.79 Å². The average Bonchev–Trinajstić information content (AvgIpc) is 2.36. The molecule has 0 saturated heterocycles. The van der Waals surface area contributed by atoms with Crippen molar-refractivity contribution in [3.8, 4) is 0 Å². The summed E-state index contributed by atoms with van der Waals surface area (Å²) < 4.78 is 0. The van der Waals surface area contributed by atoms with Crippen molar-refractivity contribution in [3.63, 3.8) is 0 Å². The van der Waals surface area contributed by atoms with Crippen LogP contribution in [-0.2, 0) is 4.79 Å². The number of carbonyl (C=O) groups excluding carboxylic acids is 1. The van der Waals surface area contributed by atoms with Gasteiger partial charge in [0, 0.05) is 12.8 Å². The van der Waals surface area contributed by atoms with Crippen LogP contribution in [0.25, 0.3) is 0 Å². The summed E-state index contributed by atoms with van der Waals surface area (Å²) in [7, 11) is 0. The first-order chi connectivity index (χ1) is 8.24. The van der Waals surface area contributed by atoms with Gasteiger partial charge in [-0.2, -0.15) is 0 Å². The van der Waals surface area contributed by atoms with Crippen molar-refractivity contribution >= 4 is 5.78 Å². The van der Waals surface area contributed by atoms with Gasteiger partial charge >= 0.3 is 0 Å². The van der Waals surface area contributed by atoms with Crippen LogP contribution in [0.2, 0.25) is 0 Å². The molecule has 0 aliphatic carbocycles. The van der Waals surface area contributed by atoms with Gasteiger partial charge < -0.3 is 4.90 Å². The summed E-state index contributed by atoms with van der Waals surface area (Å²) in [4.78, 5) is 13.8. The number of hydrogen-bond acceptors (Lipinski definition) is 2. The molecule has 0 N–H and O–H groups in total. The standard InChI is InChI=1S/C15H31NO/c1-4-7-12-16(13-8-5-2)14-10-9-11-15(17)6-3/h4-14H2,1-3H3. The van der Waals surface area contributed by atoms with Crippen LogP contribution >= 0.6 is 0 Å². The van der Waals surface area contributed by atoms with Crippen molar-refractivity contribution in [1.29, 1.82) is 0 Å². The van der Waals surface area contributed by atoms with Gasteiger partial charge in [-0.05, 0) is 45.3 Å². The lowest BCUT2D eigenvalue weighted by Crippen LogP contribution is -2.27. The maximum atomic E-state index is 11.2. The molecule has 0 spiro atoms. The quantitative estimate of drug-likeness (QED) is 0.481. The number of hydrogen-bond donors (Lipinski definition) is 0. The molecule has 0 unspecified atom stereocenters. The van der Waals surface area contributed by atoms with E-state index in [0.29, 0.717) is 12.2 Å². The molecule has 2 nitrogen and oxygen atoms in total. The average molecular weight is 241 g/mol. The van der Waals surface area contributed by atoms with Crippen molar-refractivity contribution in [2.45, 2.75) is 72.1 Å². The highest BCUT2D eigenvalue weighted by atomic mass is 16.1. The van der Waals surface area contributed by atoms with E-state index in [1.807, 2.05) is 6.92 Å². The molecule has 0 aliphatic heterocycles. The van der Waals surface area contributed by atoms with Crippen LogP contribution < -0.4 is 0 Å². The lowest BCUT2D eigenvalue weighted by Gasteiger charge is -2.21. The van der Waals surface area contributed by atoms with Crippen molar-refractivity contribution in [3.05, 3.63) is 0 Å². The minimum absolute atomic E-state index is 0.415. The molecule has 0 amide bonds. The van der Waals surface area contributed by atoms with E-state index in [2.05, 4.69) is 18.7 Å². The molecule has 102 valence electrons. The Balaban J connectivity index is 3.62. The van der Waals surface area contributed by atoms with E-state index in [9.17, 15) is 4.79 Å². The number of nitrogens with zero attached hydrogens (tertiary/aromatic N) is 1. The van der Waals surface area contributed by atoms with Crippen LogP contribution in [0.5, 0.6) is 0 Å². The number of rotatable bonds is 12. The largest absolute Gasteiger partial charge is 0.303 e. The summed E-state index contributed by atoms with van der Waals surface area (Å²) in [5.41, 5.74) is 0. The number of Topliss-reactive ketones (excluding diaryl/α,β-unsaturated/α-hetero) is 1. The minimum Gasteiger partial charge on any atom is -0.303 e. The fourth-order valence-electron chi connectivity index (χ4n) is 1.93. The van der Waals surface area contributed by atoms with Gasteiger partial charge in [-0.25, -0.2) is 0 Å². The monoisotopic (exact) mass is 241 g/mol. The van der Waals surface area contributed by atoms with Crippen LogP contribution in [0, 0.1) is 0 Å². The number of ketones is 1. The van der Waals surface area contributed by atoms with E-state index in [4.69, 9.17) is 0 Å². The molecule has 0 saturated carbocycles. The maximum absolute atomic E-state index is 11.2. The molecule has 0 fully saturated rings. The zero-order valence-electron chi connectivity index (χ0n) is 12.1. The molecule has 0 heterocycles. The predicted octanol–water partition coefficient (Wildman–Crippen LogP) is 4.04. The van der Waals surface area contributed by atoms with E-state index in [0.717, 1.165) is 12.8 Å². The number of unbranched alkanes of at least 4 members (excludes halogenated alkanes) is 3. The third-order valence-corrected chi connectivity index (χ3v) is 3.23. The van der Waals surface area contributed by atoms with E-state index >= 15 is 0 Å². The summed E-state index contributed by atoms with van der Waals surface area (Å²) >= 11 is 0. The van der Waals surface area contributed by atoms with Gasteiger partial charge in [-0.3, -0.25) is 4.79 Å². The van der Waals surface area contributed by atoms with E-state index in [1.165, 1.54) is 51.7 Å². The first kappa shape index (κ1) is 16.6. The van der Waals surface area contributed by atoms with Gasteiger partial charge in [0.1, 0.15) is 5.78 Å². The molecule has 0 bridgehead atoms. The molecular formula is C15H31NO. The Morgan fingerprint density at radius 1 is 0.824 bits per heavy atom. The highest BCUT2D eigenvalue weighted by Crippen LogP contribution is 2.04. The van der Waals surface area contributed by atoms with Gasteiger partial charge in [0.2, 0.25) is 0 Å². The smallest absolute Gasteiger partial charge is 0.132 e. The molecule has 0 aliphatic rings. The Bertz CT molecular complexity index is 172. The maximum Gasteiger partial charge on any atom is 0.132 e. The van der Waals surface area contributed by atoms with Crippen LogP contribution in [0.1, 0.15) is 72.1 Å². The Morgan fingerprint density at radius 2 is 1.35 bits per heavy atom. The van der Waals surface area contributed by atoms with Crippen molar-refractivity contribution in [2.24, 2.45) is 0 Å². The Kier molecular flexibility index (Phi) is 11.8. The van der Waals surface area contributed by atoms with Gasteiger partial charge in [0.05, 0.1) is 0 Å². The summed E-state index contributed by atoms with van der Waals surface area (Å²) in [5, 5.41) is 0. The second kappa shape index (κ2) is 12.1. The Hall–Kier alpha value is -0.370. The molecule has 0 atom stereocenters. The van der Waals surface area contributed by atoms with Crippen molar-refractivity contribution in [1.82, 2.24) is 4.90 Å². The Labute approximate surface area is 108 Å². The number of carbonyl (C=O) groups is 1. The summed E-state index contributed by atoms with van der Waals surface area (Å²) in [6.45, 7) is 10.1. The molecule has 0 radical (unpaired) electrons. The first-order valence-corrected chi connectivity index (χ1v) is 7.48. The van der Waals surface area contributed by atoms with E-state index in [1.54, 1.807) is 0 Å². The SMILES string of the molecule is CCCCN(CCCC)CCCCC(=O)CC. The van der Waals surface area contributed by atoms with Gasteiger partial charge in [0.15, 0.2) is 0 Å². The zero-order chi connectivity index (χ0) is 12.9. The second-order valence-corrected chi connectivity index (χ2v) is 4.90. The highest BCUT2D eigenvalue weighted by Gasteiger charge is 2.04. The van der Waals surface area contributed by atoms with E-state index < -0.39 is 0 Å². The molecule has 0 aromatic rings. The second-order valence-electron chi connectivity index (χ2n) is 4.90. The highest BCUT2D eigenvalue weighted by molar-refractivity contribution is 5.77. The van der Waals surface area contributed by atoms with Crippen LogP contribution in [0.4, 0.5) is 0 Å². The third-order valence-electron chi connectivity index (χ3n) is 3.23. The van der Waals surface area contributed by atoms with Crippen LogP contribution in [-0.4, -0.2) is 30.3 Å². The van der Waals surface area contributed by atoms with Gasteiger partial charge in [0.25, 0.3) is 0 Å². The molecule has 0 aromatic carbocycles. The van der Waals surface area contributed by atoms with Gasteiger partial charge in [-0.15, -0.1) is 0 Å². The fraction of sp³-hybridized carbons (Fsp3) is 0.933. The molecule has 0 rings (SSSR count). The summed E-state index contributed by atoms with van der Waals surface area (Å²) in [6, 6.07) is 0. The summed E-state index contributed by atoms with van der Waals surface area (Å²) in [6.07, 6.45) is 8.89. The zero-order valence-corrected chi connectivity index (χ0v) is 12.1. The van der Waals surface area contributed by atoms with Gasteiger partial charge in [-0.1, -0.05) is 33.6 Å². The normalized spacial score (nSPS) is 11.1. The lowest BCUT2D eigenvalue weighted by molar-refractivity contribution is -0.118. The topological polar surface area (TPSA) is 20.3 Å².